The summed E-state index contributed by atoms with van der Waals surface area (Å²) >= 11 is 0. The molecule has 1 fully saturated rings. The van der Waals surface area contributed by atoms with Crippen molar-refractivity contribution >= 4 is 5.69 Å². The highest BCUT2D eigenvalue weighted by atomic mass is 19.1. The number of halogens is 1. The molecule has 0 aromatic heterocycles. The van der Waals surface area contributed by atoms with Crippen LogP contribution in [0.4, 0.5) is 10.1 Å². The minimum absolute atomic E-state index is 0.232. The zero-order chi connectivity index (χ0) is 14.0. The van der Waals surface area contributed by atoms with E-state index in [1.165, 1.54) is 25.3 Å². The lowest BCUT2D eigenvalue weighted by atomic mass is 9.96. The highest BCUT2D eigenvalue weighted by Gasteiger charge is 2.25. The summed E-state index contributed by atoms with van der Waals surface area (Å²) in [6, 6.07) is 3.90. The summed E-state index contributed by atoms with van der Waals surface area (Å²) in [6.07, 6.45) is 4.08. The summed E-state index contributed by atoms with van der Waals surface area (Å²) in [5.74, 6) is -0.232. The molecule has 1 aliphatic heterocycles. The van der Waals surface area contributed by atoms with E-state index in [0.29, 0.717) is 17.2 Å². The number of aryl methyl sites for hydroxylation is 1. The Kier molecular flexibility index (Phi) is 4.46. The quantitative estimate of drug-likeness (QED) is 0.894. The van der Waals surface area contributed by atoms with E-state index in [-0.39, 0.29) is 5.82 Å². The number of rotatable bonds is 3. The first-order valence-electron chi connectivity index (χ1n) is 7.29. The summed E-state index contributed by atoms with van der Waals surface area (Å²) in [5.41, 5.74) is 2.38. The number of hydrogen-bond donors (Lipinski definition) is 1. The third-order valence-electron chi connectivity index (χ3n) is 4.17. The van der Waals surface area contributed by atoms with Crippen molar-refractivity contribution in [3.63, 3.8) is 0 Å². The summed E-state index contributed by atoms with van der Waals surface area (Å²) < 4.78 is 13.7. The third-order valence-corrected chi connectivity index (χ3v) is 4.17. The van der Waals surface area contributed by atoms with Gasteiger partial charge in [0.1, 0.15) is 5.82 Å². The van der Waals surface area contributed by atoms with Gasteiger partial charge in [-0.25, -0.2) is 4.39 Å². The lowest BCUT2D eigenvalue weighted by Gasteiger charge is -2.39. The lowest BCUT2D eigenvalue weighted by molar-refractivity contribution is 0.198. The molecule has 2 nitrogen and oxygen atoms in total. The number of aliphatic hydroxyl groups is 1. The second-order valence-corrected chi connectivity index (χ2v) is 5.59. The summed E-state index contributed by atoms with van der Waals surface area (Å²) in [6.45, 7) is 6.69. The first kappa shape index (κ1) is 14.3. The third kappa shape index (κ3) is 2.92. The van der Waals surface area contributed by atoms with Crippen LogP contribution in [0.3, 0.4) is 0 Å². The SMILES string of the molecule is CCC1CCCCN1c1cc(C)c(F)cc1[C@H](C)O. The molecule has 2 atom stereocenters. The Hall–Kier alpha value is -1.09. The van der Waals surface area contributed by atoms with Crippen molar-refractivity contribution in [2.75, 3.05) is 11.4 Å². The van der Waals surface area contributed by atoms with Gasteiger partial charge in [0.2, 0.25) is 0 Å². The van der Waals surface area contributed by atoms with Crippen LogP contribution < -0.4 is 4.90 Å². The maximum Gasteiger partial charge on any atom is 0.126 e. The van der Waals surface area contributed by atoms with Gasteiger partial charge in [0.15, 0.2) is 0 Å². The van der Waals surface area contributed by atoms with Gasteiger partial charge < -0.3 is 10.0 Å². The Labute approximate surface area is 115 Å². The maximum atomic E-state index is 13.7. The van der Waals surface area contributed by atoms with Crippen LogP contribution in [0.5, 0.6) is 0 Å². The van der Waals surface area contributed by atoms with Crippen molar-refractivity contribution < 1.29 is 9.50 Å². The normalized spacial score (nSPS) is 21.5. The molecule has 3 heteroatoms. The average Bonchev–Trinajstić information content (AvgIpc) is 2.41. The Morgan fingerprint density at radius 3 is 2.79 bits per heavy atom. The molecule has 2 rings (SSSR count). The van der Waals surface area contributed by atoms with Gasteiger partial charge in [0, 0.05) is 23.8 Å². The molecule has 106 valence electrons. The topological polar surface area (TPSA) is 23.5 Å². The minimum atomic E-state index is -0.635. The first-order valence-corrected chi connectivity index (χ1v) is 7.29. The van der Waals surface area contributed by atoms with Crippen LogP contribution in [0.1, 0.15) is 56.8 Å². The van der Waals surface area contributed by atoms with Crippen molar-refractivity contribution in [2.45, 2.75) is 58.6 Å². The monoisotopic (exact) mass is 265 g/mol. The molecule has 1 aromatic carbocycles. The Bertz CT molecular complexity index is 445. The molecule has 1 aliphatic rings. The molecule has 1 N–H and O–H groups in total. The van der Waals surface area contributed by atoms with Gasteiger partial charge >= 0.3 is 0 Å². The summed E-state index contributed by atoms with van der Waals surface area (Å²) in [5, 5.41) is 9.92. The van der Waals surface area contributed by atoms with Crippen LogP contribution in [0.15, 0.2) is 12.1 Å². The molecule has 0 spiro atoms. The van der Waals surface area contributed by atoms with Gasteiger partial charge in [-0.2, -0.15) is 0 Å². The van der Waals surface area contributed by atoms with E-state index in [2.05, 4.69) is 11.8 Å². The van der Waals surface area contributed by atoms with Crippen LogP contribution in [0.25, 0.3) is 0 Å². The minimum Gasteiger partial charge on any atom is -0.389 e. The van der Waals surface area contributed by atoms with Crippen molar-refractivity contribution in [3.8, 4) is 0 Å². The molecule has 0 saturated carbocycles. The fraction of sp³-hybridized carbons (Fsp3) is 0.625. The highest BCUT2D eigenvalue weighted by Crippen LogP contribution is 2.34. The van der Waals surface area contributed by atoms with E-state index >= 15 is 0 Å². The number of aliphatic hydroxyl groups excluding tert-OH is 1. The molecule has 1 unspecified atom stereocenters. The predicted molar refractivity (Wildman–Crippen MR) is 77.0 cm³/mol. The standard InChI is InChI=1S/C16H24FNO/c1-4-13-7-5-6-8-18(13)16-9-11(2)15(17)10-14(16)12(3)19/h9-10,12-13,19H,4-8H2,1-3H3/t12-,13?/m0/s1. The summed E-state index contributed by atoms with van der Waals surface area (Å²) in [7, 11) is 0. The second-order valence-electron chi connectivity index (χ2n) is 5.59. The van der Waals surface area contributed by atoms with Crippen LogP contribution in [0.2, 0.25) is 0 Å². The molecule has 0 aliphatic carbocycles. The largest absolute Gasteiger partial charge is 0.389 e. The van der Waals surface area contributed by atoms with Crippen molar-refractivity contribution in [3.05, 3.63) is 29.1 Å². The Balaban J connectivity index is 2.44. The van der Waals surface area contributed by atoms with Gasteiger partial charge in [-0.15, -0.1) is 0 Å². The lowest BCUT2D eigenvalue weighted by Crippen LogP contribution is -2.39. The predicted octanol–water partition coefficient (Wildman–Crippen LogP) is 3.96. The molecular formula is C16H24FNO. The van der Waals surface area contributed by atoms with E-state index in [9.17, 15) is 9.50 Å². The zero-order valence-electron chi connectivity index (χ0n) is 12.1. The van der Waals surface area contributed by atoms with Gasteiger partial charge in [0.05, 0.1) is 6.10 Å². The van der Waals surface area contributed by atoms with Crippen LogP contribution >= 0.6 is 0 Å². The zero-order valence-corrected chi connectivity index (χ0v) is 12.1. The second kappa shape index (κ2) is 5.91. The molecule has 0 amide bonds. The number of benzene rings is 1. The summed E-state index contributed by atoms with van der Waals surface area (Å²) in [4.78, 5) is 2.36. The first-order chi connectivity index (χ1) is 9.04. The van der Waals surface area contributed by atoms with Gasteiger partial charge in [-0.05, 0) is 57.2 Å². The maximum absolute atomic E-state index is 13.7. The van der Waals surface area contributed by atoms with Crippen molar-refractivity contribution in [1.29, 1.82) is 0 Å². The number of nitrogens with zero attached hydrogens (tertiary/aromatic N) is 1. The van der Waals surface area contributed by atoms with E-state index in [1.807, 2.05) is 6.07 Å². The van der Waals surface area contributed by atoms with Gasteiger partial charge in [-0.3, -0.25) is 0 Å². The average molecular weight is 265 g/mol. The van der Waals surface area contributed by atoms with E-state index in [1.54, 1.807) is 13.8 Å². The molecule has 0 radical (unpaired) electrons. The molecule has 19 heavy (non-hydrogen) atoms. The van der Waals surface area contributed by atoms with Crippen LogP contribution in [0, 0.1) is 12.7 Å². The van der Waals surface area contributed by atoms with E-state index < -0.39 is 6.10 Å². The van der Waals surface area contributed by atoms with Crippen LogP contribution in [-0.2, 0) is 0 Å². The number of hydrogen-bond acceptors (Lipinski definition) is 2. The number of anilines is 1. The molecule has 1 saturated heterocycles. The molecular weight excluding hydrogens is 241 g/mol. The fourth-order valence-corrected chi connectivity index (χ4v) is 3.01. The smallest absolute Gasteiger partial charge is 0.126 e. The van der Waals surface area contributed by atoms with Crippen molar-refractivity contribution in [1.82, 2.24) is 0 Å². The fourth-order valence-electron chi connectivity index (χ4n) is 3.01. The highest BCUT2D eigenvalue weighted by molar-refractivity contribution is 5.57. The van der Waals surface area contributed by atoms with Gasteiger partial charge in [0.25, 0.3) is 0 Å². The van der Waals surface area contributed by atoms with E-state index in [4.69, 9.17) is 0 Å². The molecule has 0 bridgehead atoms. The number of piperidine rings is 1. The Morgan fingerprint density at radius 2 is 2.16 bits per heavy atom. The van der Waals surface area contributed by atoms with Gasteiger partial charge in [-0.1, -0.05) is 6.92 Å². The molecule has 1 heterocycles. The Morgan fingerprint density at radius 1 is 1.42 bits per heavy atom. The van der Waals surface area contributed by atoms with Crippen LogP contribution in [-0.4, -0.2) is 17.7 Å². The molecule has 1 aromatic rings. The van der Waals surface area contributed by atoms with Crippen molar-refractivity contribution in [2.24, 2.45) is 0 Å². The van der Waals surface area contributed by atoms with E-state index in [0.717, 1.165) is 18.7 Å².